The molecule has 26 heavy (non-hydrogen) atoms. The summed E-state index contributed by atoms with van der Waals surface area (Å²) in [6.07, 6.45) is 0.556. The molecule has 128 valence electrons. The van der Waals surface area contributed by atoms with Gasteiger partial charge < -0.3 is 9.53 Å². The Morgan fingerprint density at radius 3 is 2.42 bits per heavy atom. The molecule has 3 rings (SSSR count). The van der Waals surface area contributed by atoms with Gasteiger partial charge in [-0.1, -0.05) is 35.9 Å². The zero-order chi connectivity index (χ0) is 18.0. The number of Topliss-reactive ketones (excluding diaryl/α,β-unsaturated/α-hetero) is 2. The predicted molar refractivity (Wildman–Crippen MR) is 93.8 cm³/mol. The van der Waals surface area contributed by atoms with Gasteiger partial charge in [-0.25, -0.2) is 0 Å². The third kappa shape index (κ3) is 4.63. The fraction of sp³-hybridized carbons (Fsp3) is 0.250. The molecule has 0 amide bonds. The van der Waals surface area contributed by atoms with Crippen LogP contribution in [0.25, 0.3) is 0 Å². The van der Waals surface area contributed by atoms with E-state index in [2.05, 4.69) is 0 Å². The van der Waals surface area contributed by atoms with Gasteiger partial charge in [0.1, 0.15) is 17.5 Å². The molecule has 0 radical (unpaired) electrons. The summed E-state index contributed by atoms with van der Waals surface area (Å²) in [5.41, 5.74) is 1.30. The first-order valence-electron chi connectivity index (χ1n) is 8.04. The topological polar surface area (TPSA) is 60.4 Å². The van der Waals surface area contributed by atoms with Crippen molar-refractivity contribution in [2.45, 2.75) is 19.8 Å². The fourth-order valence-electron chi connectivity index (χ4n) is 3.21. The Bertz CT molecular complexity index is 832. The molecule has 4 nitrogen and oxygen atoms in total. The van der Waals surface area contributed by atoms with Crippen molar-refractivity contribution >= 4 is 29.1 Å². The third-order valence-corrected chi connectivity index (χ3v) is 4.58. The van der Waals surface area contributed by atoms with Gasteiger partial charge in [-0.05, 0) is 49.1 Å². The van der Waals surface area contributed by atoms with Gasteiger partial charge in [-0.2, -0.15) is 0 Å². The molecule has 2 aromatic rings. The van der Waals surface area contributed by atoms with Gasteiger partial charge in [0, 0.05) is 11.4 Å². The maximum absolute atomic E-state index is 12.9. The summed E-state index contributed by atoms with van der Waals surface area (Å²) in [7, 11) is 0. The number of carbonyl (C=O) groups is 3. The number of esters is 1. The molecule has 0 saturated heterocycles. The van der Waals surface area contributed by atoms with Gasteiger partial charge in [-0.15, -0.1) is 0 Å². The van der Waals surface area contributed by atoms with Crippen molar-refractivity contribution in [1.29, 1.82) is 0 Å². The van der Waals surface area contributed by atoms with Crippen LogP contribution in [0, 0.1) is 11.8 Å². The molecule has 0 saturated carbocycles. The van der Waals surface area contributed by atoms with Gasteiger partial charge in [0.2, 0.25) is 0 Å². The minimum Gasteiger partial charge on any atom is -0.425 e. The molecule has 1 heterocycles. The number of fused-ring (bicyclic) bond motifs is 1. The van der Waals surface area contributed by atoms with E-state index in [1.807, 2.05) is 12.1 Å². The molecular weight excluding hydrogens is 363 g/mol. The normalized spacial score (nSPS) is 16.9. The average Bonchev–Trinajstić information content (AvgIpc) is 2.56. The van der Waals surface area contributed by atoms with Gasteiger partial charge in [-0.3, -0.25) is 9.59 Å². The standard InChI is InChI=1S/C20H17ClO4.Na/c1-12(22)10-14(11-13-6-8-15(21)9-7-13)18-19(23)16-4-2-3-5-17(16)25-20(18)24;/h2-9,14,18H,10-11H2,1H3;/q;+1. The van der Waals surface area contributed by atoms with E-state index >= 15 is 0 Å². The molecular formula is C20H17ClNaO4+. The van der Waals surface area contributed by atoms with Crippen LogP contribution in [0.15, 0.2) is 48.5 Å². The Labute approximate surface area is 179 Å². The second kappa shape index (κ2) is 8.96. The largest absolute Gasteiger partial charge is 1.00 e. The summed E-state index contributed by atoms with van der Waals surface area (Å²) in [4.78, 5) is 37.0. The third-order valence-electron chi connectivity index (χ3n) is 4.33. The van der Waals surface area contributed by atoms with E-state index in [4.69, 9.17) is 16.3 Å². The molecule has 2 unspecified atom stereocenters. The molecule has 1 aliphatic rings. The predicted octanol–water partition coefficient (Wildman–Crippen LogP) is 0.900. The van der Waals surface area contributed by atoms with Crippen molar-refractivity contribution in [2.24, 2.45) is 11.8 Å². The van der Waals surface area contributed by atoms with E-state index in [1.165, 1.54) is 6.92 Å². The Morgan fingerprint density at radius 1 is 1.12 bits per heavy atom. The van der Waals surface area contributed by atoms with Gasteiger partial charge in [0.05, 0.1) is 5.56 Å². The number of hydrogen-bond acceptors (Lipinski definition) is 4. The number of benzene rings is 2. The molecule has 0 N–H and O–H groups in total. The maximum Gasteiger partial charge on any atom is 1.00 e. The Hall–Kier alpha value is -1.46. The first-order chi connectivity index (χ1) is 12.0. The number of rotatable bonds is 5. The number of para-hydroxylation sites is 1. The molecule has 2 aromatic carbocycles. The summed E-state index contributed by atoms with van der Waals surface area (Å²) in [6, 6.07) is 13.8. The zero-order valence-corrected chi connectivity index (χ0v) is 17.5. The van der Waals surface area contributed by atoms with Crippen molar-refractivity contribution in [3.63, 3.8) is 0 Å². The van der Waals surface area contributed by atoms with E-state index in [-0.39, 0.29) is 53.3 Å². The van der Waals surface area contributed by atoms with Crippen LogP contribution < -0.4 is 34.3 Å². The molecule has 1 aliphatic heterocycles. The maximum atomic E-state index is 12.9. The van der Waals surface area contributed by atoms with Crippen molar-refractivity contribution in [3.8, 4) is 5.75 Å². The first-order valence-corrected chi connectivity index (χ1v) is 8.42. The summed E-state index contributed by atoms with van der Waals surface area (Å²) in [6.45, 7) is 1.46. The van der Waals surface area contributed by atoms with Gasteiger partial charge >= 0.3 is 35.5 Å². The van der Waals surface area contributed by atoms with E-state index in [0.29, 0.717) is 17.0 Å². The molecule has 0 spiro atoms. The Balaban J connectivity index is 0.00000243. The SMILES string of the molecule is CC(=O)CC(Cc1ccc(Cl)cc1)C1C(=O)Oc2ccccc2C1=O.[Na+]. The van der Waals surface area contributed by atoms with Crippen LogP contribution in [0.4, 0.5) is 0 Å². The second-order valence-corrected chi connectivity index (χ2v) is 6.69. The van der Waals surface area contributed by atoms with Crippen LogP contribution in [-0.4, -0.2) is 17.5 Å². The summed E-state index contributed by atoms with van der Waals surface area (Å²) in [5.74, 6) is -2.10. The Kier molecular flexibility index (Phi) is 7.18. The number of carbonyl (C=O) groups excluding carboxylic acids is 3. The van der Waals surface area contributed by atoms with Crippen LogP contribution in [0.3, 0.4) is 0 Å². The molecule has 6 heteroatoms. The van der Waals surface area contributed by atoms with Crippen molar-refractivity contribution in [2.75, 3.05) is 0 Å². The van der Waals surface area contributed by atoms with Crippen LogP contribution in [0.5, 0.6) is 5.75 Å². The van der Waals surface area contributed by atoms with Crippen LogP contribution in [-0.2, 0) is 16.0 Å². The second-order valence-electron chi connectivity index (χ2n) is 6.26. The smallest absolute Gasteiger partial charge is 0.425 e. The first kappa shape index (κ1) is 20.8. The summed E-state index contributed by atoms with van der Waals surface area (Å²) in [5, 5.41) is 0.606. The summed E-state index contributed by atoms with van der Waals surface area (Å²) < 4.78 is 5.34. The van der Waals surface area contributed by atoms with Crippen LogP contribution in [0.1, 0.15) is 29.3 Å². The number of halogens is 1. The average molecular weight is 380 g/mol. The fourth-order valence-corrected chi connectivity index (χ4v) is 3.34. The van der Waals surface area contributed by atoms with Crippen molar-refractivity contribution in [3.05, 3.63) is 64.7 Å². The van der Waals surface area contributed by atoms with E-state index in [9.17, 15) is 14.4 Å². The molecule has 0 aromatic heterocycles. The number of ketones is 2. The zero-order valence-electron chi connectivity index (χ0n) is 14.7. The van der Waals surface area contributed by atoms with Crippen LogP contribution in [0.2, 0.25) is 5.02 Å². The monoisotopic (exact) mass is 379 g/mol. The van der Waals surface area contributed by atoms with Crippen LogP contribution >= 0.6 is 11.6 Å². The minimum absolute atomic E-state index is 0. The van der Waals surface area contributed by atoms with E-state index in [0.717, 1.165) is 5.56 Å². The minimum atomic E-state index is -0.977. The molecule has 2 atom stereocenters. The molecule has 0 bridgehead atoms. The molecule has 0 fully saturated rings. The Morgan fingerprint density at radius 2 is 1.77 bits per heavy atom. The van der Waals surface area contributed by atoms with Gasteiger partial charge in [0.15, 0.2) is 5.78 Å². The van der Waals surface area contributed by atoms with E-state index < -0.39 is 17.8 Å². The van der Waals surface area contributed by atoms with Crippen molar-refractivity contribution in [1.82, 2.24) is 0 Å². The molecule has 0 aliphatic carbocycles. The van der Waals surface area contributed by atoms with Gasteiger partial charge in [0.25, 0.3) is 0 Å². The quantitative estimate of drug-likeness (QED) is 0.335. The van der Waals surface area contributed by atoms with E-state index in [1.54, 1.807) is 36.4 Å². The van der Waals surface area contributed by atoms with Crippen molar-refractivity contribution < 1.29 is 48.7 Å². The summed E-state index contributed by atoms with van der Waals surface area (Å²) >= 11 is 5.90. The number of hydrogen-bond donors (Lipinski definition) is 0. The number of ether oxygens (including phenoxy) is 1.